The van der Waals surface area contributed by atoms with Crippen molar-refractivity contribution in [1.82, 2.24) is 14.9 Å². The first-order chi connectivity index (χ1) is 12.8. The predicted molar refractivity (Wildman–Crippen MR) is 104 cm³/mol. The van der Waals surface area contributed by atoms with Crippen LogP contribution in [0.4, 0.5) is 0 Å². The van der Waals surface area contributed by atoms with E-state index in [2.05, 4.69) is 22.2 Å². The average molecular weight is 358 g/mol. The fraction of sp³-hybridized carbons (Fsp3) is 0.550. The summed E-state index contributed by atoms with van der Waals surface area (Å²) >= 11 is 0. The third-order valence-electron chi connectivity index (χ3n) is 4.02. The summed E-state index contributed by atoms with van der Waals surface area (Å²) in [5.41, 5.74) is 0.936. The number of benzene rings is 1. The van der Waals surface area contributed by atoms with Crippen LogP contribution in [-0.2, 0) is 0 Å². The summed E-state index contributed by atoms with van der Waals surface area (Å²) < 4.78 is 13.2. The molecule has 6 nitrogen and oxygen atoms in total. The Balaban J connectivity index is 1.81. The lowest BCUT2D eigenvalue weighted by molar-refractivity contribution is 0.270. The van der Waals surface area contributed by atoms with Gasteiger partial charge in [0.1, 0.15) is 12.7 Å². The molecule has 1 heterocycles. The molecule has 142 valence electrons. The van der Waals surface area contributed by atoms with Gasteiger partial charge in [0.05, 0.1) is 19.4 Å². The van der Waals surface area contributed by atoms with Crippen molar-refractivity contribution in [2.24, 2.45) is 5.10 Å². The van der Waals surface area contributed by atoms with E-state index in [1.807, 2.05) is 25.1 Å². The number of aromatic nitrogens is 3. The Hall–Kier alpha value is -2.37. The molecule has 0 N–H and O–H groups in total. The van der Waals surface area contributed by atoms with Crippen LogP contribution >= 0.6 is 0 Å². The van der Waals surface area contributed by atoms with Gasteiger partial charge in [-0.15, -0.1) is 10.2 Å². The second-order valence-electron chi connectivity index (χ2n) is 6.20. The van der Waals surface area contributed by atoms with Gasteiger partial charge in [0.15, 0.2) is 11.5 Å². The number of hydrogen-bond donors (Lipinski definition) is 0. The van der Waals surface area contributed by atoms with Gasteiger partial charge in [-0.05, 0) is 37.1 Å². The molecule has 0 aliphatic rings. The minimum absolute atomic E-state index is 0.597. The van der Waals surface area contributed by atoms with Gasteiger partial charge in [-0.2, -0.15) is 5.10 Å². The molecule has 2 rings (SSSR count). The molecule has 0 spiro atoms. The first-order valence-electron chi connectivity index (χ1n) is 9.62. The van der Waals surface area contributed by atoms with E-state index in [1.165, 1.54) is 38.5 Å². The van der Waals surface area contributed by atoms with Crippen LogP contribution < -0.4 is 9.47 Å². The van der Waals surface area contributed by atoms with Crippen LogP contribution in [-0.4, -0.2) is 34.3 Å². The van der Waals surface area contributed by atoms with E-state index in [4.69, 9.17) is 9.47 Å². The molecule has 0 fully saturated rings. The minimum Gasteiger partial charge on any atom is -0.490 e. The molecule has 26 heavy (non-hydrogen) atoms. The van der Waals surface area contributed by atoms with Gasteiger partial charge < -0.3 is 9.47 Å². The van der Waals surface area contributed by atoms with E-state index in [-0.39, 0.29) is 0 Å². The topological polar surface area (TPSA) is 61.5 Å². The van der Waals surface area contributed by atoms with Gasteiger partial charge in [-0.3, -0.25) is 0 Å². The molecule has 0 atom stereocenters. The molecule has 0 aliphatic carbocycles. The van der Waals surface area contributed by atoms with Crippen molar-refractivity contribution in [3.05, 3.63) is 36.4 Å². The van der Waals surface area contributed by atoms with Gasteiger partial charge in [0.25, 0.3) is 0 Å². The van der Waals surface area contributed by atoms with Gasteiger partial charge in [-0.25, -0.2) is 4.68 Å². The second kappa shape index (κ2) is 12.1. The van der Waals surface area contributed by atoms with Crippen LogP contribution in [0.15, 0.2) is 36.0 Å². The Labute approximate surface area is 156 Å². The van der Waals surface area contributed by atoms with Crippen molar-refractivity contribution in [3.8, 4) is 11.5 Å². The summed E-state index contributed by atoms with van der Waals surface area (Å²) in [7, 11) is 0. The van der Waals surface area contributed by atoms with Crippen LogP contribution in [0.2, 0.25) is 0 Å². The second-order valence-corrected chi connectivity index (χ2v) is 6.20. The Bertz CT molecular complexity index is 641. The smallest absolute Gasteiger partial charge is 0.161 e. The zero-order valence-electron chi connectivity index (χ0n) is 15.9. The lowest BCUT2D eigenvalue weighted by atomic mass is 10.1. The molecule has 0 aliphatic heterocycles. The van der Waals surface area contributed by atoms with Gasteiger partial charge in [-0.1, -0.05) is 45.4 Å². The van der Waals surface area contributed by atoms with E-state index in [9.17, 15) is 0 Å². The highest BCUT2D eigenvalue weighted by molar-refractivity contribution is 5.80. The zero-order chi connectivity index (χ0) is 18.5. The maximum Gasteiger partial charge on any atom is 0.161 e. The molecule has 0 saturated heterocycles. The number of nitrogens with zero attached hydrogens (tertiary/aromatic N) is 4. The highest BCUT2D eigenvalue weighted by Gasteiger charge is 2.06. The maximum absolute atomic E-state index is 5.93. The molecule has 2 aromatic rings. The van der Waals surface area contributed by atoms with E-state index < -0.39 is 0 Å². The third kappa shape index (κ3) is 7.25. The largest absolute Gasteiger partial charge is 0.490 e. The molecule has 0 saturated carbocycles. The first-order valence-corrected chi connectivity index (χ1v) is 9.62. The van der Waals surface area contributed by atoms with Gasteiger partial charge >= 0.3 is 0 Å². The predicted octanol–water partition coefficient (Wildman–Crippen LogP) is 4.69. The summed E-state index contributed by atoms with van der Waals surface area (Å²) in [6.07, 6.45) is 13.7. The molecule has 0 radical (unpaired) electrons. The van der Waals surface area contributed by atoms with Crippen molar-refractivity contribution in [2.45, 2.75) is 58.8 Å². The fourth-order valence-corrected chi connectivity index (χ4v) is 2.62. The van der Waals surface area contributed by atoms with E-state index in [1.54, 1.807) is 23.5 Å². The molecular weight excluding hydrogens is 328 g/mol. The number of ether oxygens (including phenoxy) is 2. The zero-order valence-corrected chi connectivity index (χ0v) is 15.9. The SMILES string of the molecule is CCCCCCCCCOc1ccc(/C=N\n2cnnc2)cc1OCC. The monoisotopic (exact) mass is 358 g/mol. The first kappa shape index (κ1) is 19.9. The van der Waals surface area contributed by atoms with Crippen molar-refractivity contribution in [2.75, 3.05) is 13.2 Å². The highest BCUT2D eigenvalue weighted by atomic mass is 16.5. The summed E-state index contributed by atoms with van der Waals surface area (Å²) in [4.78, 5) is 0. The van der Waals surface area contributed by atoms with Gasteiger partial charge in [0.2, 0.25) is 0 Å². The Kier molecular flexibility index (Phi) is 9.25. The molecular formula is C20H30N4O2. The van der Waals surface area contributed by atoms with Crippen molar-refractivity contribution in [3.63, 3.8) is 0 Å². The van der Waals surface area contributed by atoms with Gasteiger partial charge in [0, 0.05) is 0 Å². The van der Waals surface area contributed by atoms with Crippen LogP contribution in [0.1, 0.15) is 64.4 Å². The lowest BCUT2D eigenvalue weighted by Crippen LogP contribution is -2.02. The van der Waals surface area contributed by atoms with E-state index in [0.29, 0.717) is 6.61 Å². The van der Waals surface area contributed by atoms with Crippen molar-refractivity contribution >= 4 is 6.21 Å². The molecule has 0 unspecified atom stereocenters. The summed E-state index contributed by atoms with van der Waals surface area (Å²) in [5.74, 6) is 1.54. The van der Waals surface area contributed by atoms with Crippen LogP contribution in [0, 0.1) is 0 Å². The van der Waals surface area contributed by atoms with Crippen LogP contribution in [0.25, 0.3) is 0 Å². The standard InChI is InChI=1S/C20H30N4O2/c1-3-5-6-7-8-9-10-13-26-19-12-11-18(14-20(19)25-4-2)15-23-24-16-21-22-17-24/h11-12,14-17H,3-10,13H2,1-2H3/b23-15-. The quantitative estimate of drug-likeness (QED) is 0.385. The van der Waals surface area contributed by atoms with Crippen molar-refractivity contribution < 1.29 is 9.47 Å². The molecule has 0 bridgehead atoms. The fourth-order valence-electron chi connectivity index (χ4n) is 2.62. The number of unbranched alkanes of at least 4 members (excludes halogenated alkanes) is 6. The Morgan fingerprint density at radius 3 is 2.38 bits per heavy atom. The van der Waals surface area contributed by atoms with Crippen LogP contribution in [0.3, 0.4) is 0 Å². The van der Waals surface area contributed by atoms with Crippen LogP contribution in [0.5, 0.6) is 11.5 Å². The number of rotatable bonds is 13. The normalized spacial score (nSPS) is 11.2. The summed E-state index contributed by atoms with van der Waals surface area (Å²) in [6.45, 7) is 5.54. The van der Waals surface area contributed by atoms with Crippen molar-refractivity contribution in [1.29, 1.82) is 0 Å². The molecule has 1 aromatic carbocycles. The molecule has 1 aromatic heterocycles. The maximum atomic E-state index is 5.93. The summed E-state index contributed by atoms with van der Waals surface area (Å²) in [5, 5.41) is 11.7. The molecule has 0 amide bonds. The summed E-state index contributed by atoms with van der Waals surface area (Å²) in [6, 6.07) is 5.85. The molecule has 6 heteroatoms. The number of hydrogen-bond acceptors (Lipinski definition) is 5. The van der Waals surface area contributed by atoms with E-state index >= 15 is 0 Å². The Morgan fingerprint density at radius 1 is 0.923 bits per heavy atom. The highest BCUT2D eigenvalue weighted by Crippen LogP contribution is 2.28. The third-order valence-corrected chi connectivity index (χ3v) is 4.02. The average Bonchev–Trinajstić information content (AvgIpc) is 3.17. The lowest BCUT2D eigenvalue weighted by Gasteiger charge is -2.12. The minimum atomic E-state index is 0.597. The Morgan fingerprint density at radius 2 is 1.65 bits per heavy atom. The van der Waals surface area contributed by atoms with E-state index in [0.717, 1.165) is 30.1 Å².